The van der Waals surface area contributed by atoms with Gasteiger partial charge in [-0.1, -0.05) is 0 Å². The van der Waals surface area contributed by atoms with Crippen molar-refractivity contribution in [2.24, 2.45) is 5.73 Å². The number of carbonyl (C=O) groups is 4. The van der Waals surface area contributed by atoms with Gasteiger partial charge in [0, 0.05) is 0 Å². The van der Waals surface area contributed by atoms with Gasteiger partial charge >= 0.3 is 5.97 Å². The highest BCUT2D eigenvalue weighted by Crippen LogP contribution is 1.91. The number of carboxylic acids is 1. The molecule has 9 heteroatoms. The average molecular weight is 302 g/mol. The van der Waals surface area contributed by atoms with Crippen LogP contribution in [0.15, 0.2) is 0 Å². The van der Waals surface area contributed by atoms with Gasteiger partial charge in [-0.25, -0.2) is 0 Å². The molecular weight excluding hydrogens is 280 g/mol. The third-order valence-corrected chi connectivity index (χ3v) is 2.65. The van der Waals surface area contributed by atoms with Crippen molar-refractivity contribution in [2.75, 3.05) is 0 Å². The molecule has 0 saturated heterocycles. The molecule has 21 heavy (non-hydrogen) atoms. The molecule has 0 aliphatic heterocycles. The Morgan fingerprint density at radius 2 is 1.10 bits per heavy atom. The first-order valence-electron chi connectivity index (χ1n) is 6.45. The normalized spacial score (nSPS) is 16.0. The fourth-order valence-corrected chi connectivity index (χ4v) is 1.21. The van der Waals surface area contributed by atoms with Gasteiger partial charge in [0.05, 0.1) is 6.04 Å². The lowest BCUT2D eigenvalue weighted by atomic mass is 10.2. The molecule has 120 valence electrons. The van der Waals surface area contributed by atoms with Gasteiger partial charge in [-0.15, -0.1) is 0 Å². The summed E-state index contributed by atoms with van der Waals surface area (Å²) < 4.78 is 0. The lowest BCUT2D eigenvalue weighted by molar-refractivity contribution is -0.141. The third-order valence-electron chi connectivity index (χ3n) is 2.65. The van der Waals surface area contributed by atoms with Crippen LogP contribution in [-0.2, 0) is 19.2 Å². The molecule has 0 rings (SSSR count). The number of carboxylic acid groups (broad SMARTS) is 1. The summed E-state index contributed by atoms with van der Waals surface area (Å²) in [6, 6.07) is -3.62. The number of nitrogens with one attached hydrogen (secondary N) is 3. The Hall–Kier alpha value is -2.16. The summed E-state index contributed by atoms with van der Waals surface area (Å²) in [5, 5.41) is 15.6. The van der Waals surface area contributed by atoms with Crippen LogP contribution in [0.5, 0.6) is 0 Å². The van der Waals surface area contributed by atoms with Gasteiger partial charge in [0.2, 0.25) is 17.7 Å². The zero-order valence-electron chi connectivity index (χ0n) is 12.5. The van der Waals surface area contributed by atoms with E-state index < -0.39 is 47.9 Å². The molecule has 0 aromatic rings. The first kappa shape index (κ1) is 18.8. The van der Waals surface area contributed by atoms with E-state index in [0.29, 0.717) is 0 Å². The smallest absolute Gasteiger partial charge is 0.325 e. The van der Waals surface area contributed by atoms with Crippen molar-refractivity contribution in [1.29, 1.82) is 0 Å². The van der Waals surface area contributed by atoms with Crippen molar-refractivity contribution >= 4 is 23.7 Å². The van der Waals surface area contributed by atoms with Gasteiger partial charge in [-0.3, -0.25) is 19.2 Å². The Morgan fingerprint density at radius 1 is 0.762 bits per heavy atom. The van der Waals surface area contributed by atoms with Gasteiger partial charge in [0.15, 0.2) is 0 Å². The van der Waals surface area contributed by atoms with E-state index in [1.54, 1.807) is 0 Å². The molecule has 3 amide bonds. The van der Waals surface area contributed by atoms with Crippen molar-refractivity contribution in [3.8, 4) is 0 Å². The molecule has 0 heterocycles. The minimum atomic E-state index is -1.18. The van der Waals surface area contributed by atoms with Gasteiger partial charge in [0.25, 0.3) is 0 Å². The highest BCUT2D eigenvalue weighted by atomic mass is 16.4. The molecule has 0 aliphatic rings. The van der Waals surface area contributed by atoms with Crippen molar-refractivity contribution in [2.45, 2.75) is 51.9 Å². The van der Waals surface area contributed by atoms with Gasteiger partial charge < -0.3 is 26.8 Å². The molecule has 0 bridgehead atoms. The van der Waals surface area contributed by atoms with Crippen LogP contribution in [0.25, 0.3) is 0 Å². The van der Waals surface area contributed by atoms with Crippen LogP contribution in [0.4, 0.5) is 0 Å². The summed E-state index contributed by atoms with van der Waals surface area (Å²) in [7, 11) is 0. The van der Waals surface area contributed by atoms with E-state index in [2.05, 4.69) is 16.0 Å². The second-order valence-corrected chi connectivity index (χ2v) is 4.82. The number of aliphatic carboxylic acids is 1. The maximum atomic E-state index is 11.8. The molecule has 0 aromatic carbocycles. The van der Waals surface area contributed by atoms with E-state index in [1.807, 2.05) is 0 Å². The zero-order valence-corrected chi connectivity index (χ0v) is 12.5. The molecule has 6 N–H and O–H groups in total. The summed E-state index contributed by atoms with van der Waals surface area (Å²) in [5.41, 5.74) is 5.35. The molecular formula is C12H22N4O5. The molecule has 0 saturated carbocycles. The van der Waals surface area contributed by atoms with E-state index >= 15 is 0 Å². The molecule has 0 aliphatic carbocycles. The molecule has 9 nitrogen and oxygen atoms in total. The summed E-state index contributed by atoms with van der Waals surface area (Å²) >= 11 is 0. The summed E-state index contributed by atoms with van der Waals surface area (Å²) in [6.45, 7) is 5.63. The van der Waals surface area contributed by atoms with Gasteiger partial charge in [0.1, 0.15) is 18.1 Å². The molecule has 0 radical (unpaired) electrons. The highest BCUT2D eigenvalue weighted by Gasteiger charge is 2.23. The lowest BCUT2D eigenvalue weighted by Crippen LogP contribution is -2.54. The maximum absolute atomic E-state index is 11.8. The standard InChI is InChI=1S/C12H22N4O5/c1-5(13)9(17)14-6(2)10(18)15-7(3)11(19)16-8(4)12(20)21/h5-8H,13H2,1-4H3,(H,14,17)(H,15,18)(H,16,19)(H,20,21). The maximum Gasteiger partial charge on any atom is 0.325 e. The molecule has 4 atom stereocenters. The number of amides is 3. The Balaban J connectivity index is 4.40. The van der Waals surface area contributed by atoms with Crippen molar-refractivity contribution in [3.63, 3.8) is 0 Å². The fraction of sp³-hybridized carbons (Fsp3) is 0.667. The van der Waals surface area contributed by atoms with Crippen LogP contribution >= 0.6 is 0 Å². The van der Waals surface area contributed by atoms with E-state index in [9.17, 15) is 19.2 Å². The Bertz CT molecular complexity index is 424. The predicted octanol–water partition coefficient (Wildman–Crippen LogP) is -2.07. The molecule has 0 fully saturated rings. The van der Waals surface area contributed by atoms with Gasteiger partial charge in [-0.2, -0.15) is 0 Å². The monoisotopic (exact) mass is 302 g/mol. The average Bonchev–Trinajstić information content (AvgIpc) is 2.37. The zero-order chi connectivity index (χ0) is 16.7. The second kappa shape index (κ2) is 8.20. The highest BCUT2D eigenvalue weighted by molar-refractivity contribution is 5.93. The van der Waals surface area contributed by atoms with Crippen molar-refractivity contribution < 1.29 is 24.3 Å². The summed E-state index contributed by atoms with van der Waals surface area (Å²) in [5.74, 6) is -2.88. The first-order valence-corrected chi connectivity index (χ1v) is 6.45. The predicted molar refractivity (Wildman–Crippen MR) is 74.1 cm³/mol. The van der Waals surface area contributed by atoms with E-state index in [4.69, 9.17) is 10.8 Å². The minimum Gasteiger partial charge on any atom is -0.480 e. The second-order valence-electron chi connectivity index (χ2n) is 4.82. The van der Waals surface area contributed by atoms with E-state index in [-0.39, 0.29) is 0 Å². The Kier molecular flexibility index (Phi) is 7.36. The van der Waals surface area contributed by atoms with E-state index in [0.717, 1.165) is 0 Å². The SMILES string of the molecule is CC(N)C(=O)NC(C)C(=O)NC(C)C(=O)NC(C)C(=O)O. The number of nitrogens with two attached hydrogens (primary N) is 1. The van der Waals surface area contributed by atoms with Crippen LogP contribution in [0, 0.1) is 0 Å². The Labute approximate surface area is 122 Å². The van der Waals surface area contributed by atoms with Crippen LogP contribution in [0.2, 0.25) is 0 Å². The molecule has 0 aromatic heterocycles. The third kappa shape index (κ3) is 6.70. The van der Waals surface area contributed by atoms with Crippen molar-refractivity contribution in [3.05, 3.63) is 0 Å². The number of rotatable bonds is 7. The number of hydrogen-bond acceptors (Lipinski definition) is 5. The number of carbonyl (C=O) groups excluding carboxylic acids is 3. The Morgan fingerprint density at radius 3 is 1.43 bits per heavy atom. The molecule has 4 unspecified atom stereocenters. The largest absolute Gasteiger partial charge is 0.480 e. The summed E-state index contributed by atoms with van der Waals surface area (Å²) in [6.07, 6.45) is 0. The van der Waals surface area contributed by atoms with Gasteiger partial charge in [-0.05, 0) is 27.7 Å². The summed E-state index contributed by atoms with van der Waals surface area (Å²) in [4.78, 5) is 45.4. The van der Waals surface area contributed by atoms with Crippen LogP contribution in [0.1, 0.15) is 27.7 Å². The first-order chi connectivity index (χ1) is 9.56. The van der Waals surface area contributed by atoms with E-state index in [1.165, 1.54) is 27.7 Å². The quantitative estimate of drug-likeness (QED) is 0.364. The van der Waals surface area contributed by atoms with Crippen molar-refractivity contribution in [1.82, 2.24) is 16.0 Å². The lowest BCUT2D eigenvalue weighted by Gasteiger charge is -2.19. The van der Waals surface area contributed by atoms with Crippen LogP contribution in [0.3, 0.4) is 0 Å². The van der Waals surface area contributed by atoms with Crippen LogP contribution in [-0.4, -0.2) is 53.0 Å². The number of hydrogen-bond donors (Lipinski definition) is 5. The minimum absolute atomic E-state index is 0.491. The topological polar surface area (TPSA) is 151 Å². The molecule has 0 spiro atoms. The van der Waals surface area contributed by atoms with Crippen LogP contribution < -0.4 is 21.7 Å². The fourth-order valence-electron chi connectivity index (χ4n) is 1.21.